The van der Waals surface area contributed by atoms with Crippen LogP contribution in [0.3, 0.4) is 0 Å². The van der Waals surface area contributed by atoms with Gasteiger partial charge in [0, 0.05) is 0 Å². The van der Waals surface area contributed by atoms with Gasteiger partial charge in [0.05, 0.1) is 0 Å². The third-order valence-electron chi connectivity index (χ3n) is 11.0. The van der Waals surface area contributed by atoms with Crippen LogP contribution in [0, 0.1) is 11.8 Å². The fourth-order valence-corrected chi connectivity index (χ4v) is 29.7. The van der Waals surface area contributed by atoms with Gasteiger partial charge in [-0.2, -0.15) is 0 Å². The number of allylic oxidation sites excluding steroid dienone is 2. The van der Waals surface area contributed by atoms with Gasteiger partial charge in [0.25, 0.3) is 0 Å². The Morgan fingerprint density at radius 3 is 1.36 bits per heavy atom. The minimum absolute atomic E-state index is 0.0928. The summed E-state index contributed by atoms with van der Waals surface area (Å²) in [5.74, 6) is 0.186. The summed E-state index contributed by atoms with van der Waals surface area (Å²) in [4.78, 5) is 24.9. The van der Waals surface area contributed by atoms with Crippen molar-refractivity contribution >= 4 is 46.5 Å². The van der Waals surface area contributed by atoms with E-state index in [2.05, 4.69) is 149 Å². The van der Waals surface area contributed by atoms with E-state index in [9.17, 15) is 9.59 Å². The first-order valence-electron chi connectivity index (χ1n) is 17.8. The van der Waals surface area contributed by atoms with Gasteiger partial charge < -0.3 is 0 Å². The van der Waals surface area contributed by atoms with Crippen molar-refractivity contribution in [3.8, 4) is 22.3 Å². The van der Waals surface area contributed by atoms with Crippen LogP contribution in [0.2, 0.25) is 0 Å². The van der Waals surface area contributed by atoms with E-state index in [0.717, 1.165) is 57.4 Å². The van der Waals surface area contributed by atoms with Crippen molar-refractivity contribution < 1.29 is 25.8 Å². The first-order chi connectivity index (χ1) is 24.0. The molecule has 4 aromatic rings. The van der Waals surface area contributed by atoms with Crippen LogP contribution in [0.4, 0.5) is 0 Å². The van der Waals surface area contributed by atoms with Crippen LogP contribution in [0.15, 0.2) is 96.1 Å². The molecule has 0 saturated carbocycles. The summed E-state index contributed by atoms with van der Waals surface area (Å²) < 4.78 is -1.76. The molecule has 6 rings (SSSR count). The number of carbonyl (C=O) groups excluding carboxylic acids is 2. The molecule has 0 heterocycles. The third kappa shape index (κ3) is 5.90. The van der Waals surface area contributed by atoms with Crippen molar-refractivity contribution in [3.05, 3.63) is 129 Å². The Labute approximate surface area is 305 Å². The molecule has 2 atom stereocenters. The third-order valence-corrected chi connectivity index (χ3v) is 30.9. The van der Waals surface area contributed by atoms with Crippen LogP contribution in [-0.4, -0.2) is 17.3 Å². The first-order valence-corrected chi connectivity index (χ1v) is 28.4. The molecule has 0 spiro atoms. The van der Waals surface area contributed by atoms with E-state index >= 15 is 0 Å². The Morgan fingerprint density at radius 2 is 1.00 bits per heavy atom. The molecule has 2 aliphatic carbocycles. The van der Waals surface area contributed by atoms with Crippen LogP contribution >= 0.6 is 17.0 Å². The van der Waals surface area contributed by atoms with Crippen molar-refractivity contribution in [3.63, 3.8) is 0 Å². The molecule has 0 aliphatic heterocycles. The number of rotatable bonds is 13. The molecule has 2 N–H and O–H groups in total. The second-order valence-electron chi connectivity index (χ2n) is 14.3. The Balaban J connectivity index is 1.69. The molecular formula is C42H46BCl2N2O2Zr. The van der Waals surface area contributed by atoms with Crippen molar-refractivity contribution in [1.82, 2.24) is 10.5 Å². The van der Waals surface area contributed by atoms with E-state index in [-0.39, 0.29) is 11.8 Å². The molecule has 8 heteroatoms. The zero-order chi connectivity index (χ0) is 35.8. The number of aryl methyl sites for hydroxylation is 2. The molecule has 0 radical (unpaired) electrons. The minimum atomic E-state index is -5.87. The summed E-state index contributed by atoms with van der Waals surface area (Å²) >= 11 is -5.87. The number of halogens is 2. The van der Waals surface area contributed by atoms with Gasteiger partial charge in [-0.25, -0.2) is 0 Å². The molecule has 2 aliphatic rings. The summed E-state index contributed by atoms with van der Waals surface area (Å²) in [6.45, 7) is 13.1. The number of hydrogen-bond acceptors (Lipinski definition) is 2. The molecule has 4 nitrogen and oxygen atoms in total. The SMILES string of the molecule is CCc1ccccc1-c1cccc2c1C=C(C(C)C)[CH]2[Zr]([Cl])([Cl])([B](NC=O)NC=O)[CH]1C(C(C)C)=Cc2c(-c3ccccc3CC)cccc21. The standard InChI is InChI=1S/2C20H21.C2H3BN2O2.2ClH.Zr/c2*1-4-15-8-5-6-10-18(15)19-11-7-9-16-12-17(14(2)3)13-20(16)19;6-1-4-3-5-2-7;;;/h2*5-14H,4H2,1-3H3;1-2H,(H-,4,5,6,7);2*1H;/q;;;;;+1/p-1. The van der Waals surface area contributed by atoms with Gasteiger partial charge in [0.15, 0.2) is 0 Å². The zero-order valence-electron chi connectivity index (χ0n) is 29.8. The molecular weight excluding hydrogens is 737 g/mol. The predicted octanol–water partition coefficient (Wildman–Crippen LogP) is 10.5. The fourth-order valence-electron chi connectivity index (χ4n) is 8.74. The van der Waals surface area contributed by atoms with E-state index < -0.39 is 27.9 Å². The van der Waals surface area contributed by atoms with E-state index in [1.165, 1.54) is 22.3 Å². The first kappa shape index (κ1) is 36.6. The van der Waals surface area contributed by atoms with Crippen molar-refractivity contribution in [2.75, 3.05) is 0 Å². The number of fused-ring (bicyclic) bond motifs is 2. The molecule has 0 aromatic heterocycles. The number of carbonyl (C=O) groups is 2. The van der Waals surface area contributed by atoms with Gasteiger partial charge in [0.2, 0.25) is 0 Å². The Kier molecular flexibility index (Phi) is 10.6. The normalized spacial score (nSPS) is 17.4. The van der Waals surface area contributed by atoms with Crippen molar-refractivity contribution in [1.29, 1.82) is 0 Å². The Hall–Kier alpha value is -3.17. The van der Waals surface area contributed by atoms with Gasteiger partial charge >= 0.3 is 308 Å². The van der Waals surface area contributed by atoms with E-state index in [4.69, 9.17) is 17.0 Å². The van der Waals surface area contributed by atoms with Crippen LogP contribution in [0.5, 0.6) is 0 Å². The maximum absolute atomic E-state index is 12.5. The summed E-state index contributed by atoms with van der Waals surface area (Å²) in [7, 11) is 17.3. The summed E-state index contributed by atoms with van der Waals surface area (Å²) in [6, 6.07) is 30.0. The monoisotopic (exact) mass is 781 g/mol. The molecule has 2 unspecified atom stereocenters. The molecule has 0 saturated heterocycles. The maximum atomic E-state index is 12.5. The molecule has 0 fully saturated rings. The van der Waals surface area contributed by atoms with Crippen LogP contribution in [0.25, 0.3) is 34.4 Å². The van der Waals surface area contributed by atoms with Gasteiger partial charge in [-0.3, -0.25) is 0 Å². The van der Waals surface area contributed by atoms with Crippen LogP contribution in [0.1, 0.15) is 82.2 Å². The quantitative estimate of drug-likeness (QED) is 0.105. The predicted molar refractivity (Wildman–Crippen MR) is 209 cm³/mol. The molecule has 50 heavy (non-hydrogen) atoms. The van der Waals surface area contributed by atoms with E-state index in [0.29, 0.717) is 12.8 Å². The topological polar surface area (TPSA) is 58.2 Å². The Morgan fingerprint density at radius 1 is 0.620 bits per heavy atom. The van der Waals surface area contributed by atoms with Crippen molar-refractivity contribution in [2.24, 2.45) is 11.8 Å². The van der Waals surface area contributed by atoms with E-state index in [1.54, 1.807) is 0 Å². The molecule has 257 valence electrons. The second-order valence-corrected chi connectivity index (χ2v) is 35.7. The van der Waals surface area contributed by atoms with Gasteiger partial charge in [0.1, 0.15) is 0 Å². The molecule has 2 amide bonds. The molecule has 0 bridgehead atoms. The van der Waals surface area contributed by atoms with Crippen LogP contribution in [-0.2, 0) is 38.6 Å². The zero-order valence-corrected chi connectivity index (χ0v) is 33.7. The summed E-state index contributed by atoms with van der Waals surface area (Å²) in [6.07, 6.45) is 7.66. The Bertz CT molecular complexity index is 1880. The van der Waals surface area contributed by atoms with Gasteiger partial charge in [-0.05, 0) is 0 Å². The summed E-state index contributed by atoms with van der Waals surface area (Å²) in [5, 5.41) is 5.96. The average molecular weight is 784 g/mol. The number of nitrogens with one attached hydrogen (secondary N) is 2. The number of amides is 2. The summed E-state index contributed by atoms with van der Waals surface area (Å²) in [5.41, 5.74) is 13.8. The van der Waals surface area contributed by atoms with Gasteiger partial charge in [-0.15, -0.1) is 0 Å². The van der Waals surface area contributed by atoms with Gasteiger partial charge in [-0.1, -0.05) is 0 Å². The molecule has 4 aromatic carbocycles. The second kappa shape index (κ2) is 14.5. The number of benzene rings is 4. The van der Waals surface area contributed by atoms with E-state index in [1.807, 2.05) is 0 Å². The van der Waals surface area contributed by atoms with Crippen molar-refractivity contribution in [2.45, 2.75) is 61.6 Å². The van der Waals surface area contributed by atoms with Crippen LogP contribution < -0.4 is 10.5 Å². The average Bonchev–Trinajstić information content (AvgIpc) is 3.73. The fraction of sp³-hybridized carbons (Fsp3) is 0.286. The number of hydrogen-bond donors (Lipinski definition) is 2.